The summed E-state index contributed by atoms with van der Waals surface area (Å²) in [6.07, 6.45) is 21.2. The molecule has 1 heteroatoms. The SMILES string of the molecule is NC1(C2CCCCC2)CCCCCCCCCC1. The van der Waals surface area contributed by atoms with Crippen LogP contribution in [0.1, 0.15) is 96.3 Å². The van der Waals surface area contributed by atoms with Crippen molar-refractivity contribution in [2.45, 2.75) is 102 Å². The van der Waals surface area contributed by atoms with Crippen LogP contribution >= 0.6 is 0 Å². The molecule has 2 aliphatic carbocycles. The Morgan fingerprint density at radius 2 is 0.944 bits per heavy atom. The van der Waals surface area contributed by atoms with E-state index >= 15 is 0 Å². The molecule has 0 atom stereocenters. The predicted octanol–water partition coefficient (Wildman–Crippen LogP) is 5.18. The van der Waals surface area contributed by atoms with Crippen molar-refractivity contribution < 1.29 is 0 Å². The second-order valence-electron chi connectivity index (χ2n) is 6.90. The van der Waals surface area contributed by atoms with Crippen LogP contribution in [-0.4, -0.2) is 5.54 Å². The zero-order valence-electron chi connectivity index (χ0n) is 12.3. The van der Waals surface area contributed by atoms with E-state index < -0.39 is 0 Å². The van der Waals surface area contributed by atoms with Gasteiger partial charge in [-0.15, -0.1) is 0 Å². The minimum absolute atomic E-state index is 0.199. The number of nitrogens with two attached hydrogens (primary N) is 1. The second-order valence-corrected chi connectivity index (χ2v) is 6.90. The average Bonchev–Trinajstić information content (AvgIpc) is 2.46. The normalized spacial score (nSPS) is 28.5. The Balaban J connectivity index is 1.91. The predicted molar refractivity (Wildman–Crippen MR) is 79.7 cm³/mol. The molecule has 0 unspecified atom stereocenters. The first kappa shape index (κ1) is 14.4. The molecule has 0 saturated heterocycles. The van der Waals surface area contributed by atoms with E-state index in [1.807, 2.05) is 0 Å². The lowest BCUT2D eigenvalue weighted by molar-refractivity contribution is 0.173. The van der Waals surface area contributed by atoms with Crippen LogP contribution < -0.4 is 5.73 Å². The van der Waals surface area contributed by atoms with E-state index in [0.717, 1.165) is 5.92 Å². The minimum Gasteiger partial charge on any atom is -0.325 e. The van der Waals surface area contributed by atoms with Gasteiger partial charge in [0, 0.05) is 5.54 Å². The maximum atomic E-state index is 6.87. The van der Waals surface area contributed by atoms with Crippen LogP contribution in [-0.2, 0) is 0 Å². The van der Waals surface area contributed by atoms with E-state index in [1.54, 1.807) is 0 Å². The van der Waals surface area contributed by atoms with Crippen molar-refractivity contribution in [1.82, 2.24) is 0 Å². The monoisotopic (exact) mass is 251 g/mol. The highest BCUT2D eigenvalue weighted by Crippen LogP contribution is 2.37. The Hall–Kier alpha value is -0.0400. The van der Waals surface area contributed by atoms with Crippen molar-refractivity contribution in [1.29, 1.82) is 0 Å². The smallest absolute Gasteiger partial charge is 0.0182 e. The molecule has 0 aromatic rings. The van der Waals surface area contributed by atoms with Gasteiger partial charge in [0.15, 0.2) is 0 Å². The van der Waals surface area contributed by atoms with E-state index in [-0.39, 0.29) is 5.54 Å². The van der Waals surface area contributed by atoms with Gasteiger partial charge in [-0.1, -0.05) is 70.6 Å². The molecular weight excluding hydrogens is 218 g/mol. The van der Waals surface area contributed by atoms with Crippen LogP contribution in [0, 0.1) is 5.92 Å². The van der Waals surface area contributed by atoms with Crippen LogP contribution in [0.4, 0.5) is 0 Å². The molecule has 18 heavy (non-hydrogen) atoms. The first-order chi connectivity index (χ1) is 8.81. The zero-order chi connectivity index (χ0) is 12.7. The van der Waals surface area contributed by atoms with Crippen molar-refractivity contribution >= 4 is 0 Å². The average molecular weight is 251 g/mol. The molecule has 0 spiro atoms. The lowest BCUT2D eigenvalue weighted by atomic mass is 9.70. The molecule has 0 aliphatic heterocycles. The number of rotatable bonds is 1. The Kier molecular flexibility index (Phi) is 6.01. The first-order valence-corrected chi connectivity index (χ1v) is 8.60. The summed E-state index contributed by atoms with van der Waals surface area (Å²) in [5.41, 5.74) is 7.07. The summed E-state index contributed by atoms with van der Waals surface area (Å²) in [5, 5.41) is 0. The molecule has 0 radical (unpaired) electrons. The highest BCUT2D eigenvalue weighted by Gasteiger charge is 2.34. The van der Waals surface area contributed by atoms with Crippen LogP contribution in [0.3, 0.4) is 0 Å². The third kappa shape index (κ3) is 4.26. The van der Waals surface area contributed by atoms with Gasteiger partial charge in [-0.05, 0) is 31.6 Å². The standard InChI is InChI=1S/C17H33N/c18-17(16-12-8-7-9-13-16)14-10-5-3-1-2-4-6-11-15-17/h16H,1-15,18H2. The highest BCUT2D eigenvalue weighted by atomic mass is 14.8. The summed E-state index contributed by atoms with van der Waals surface area (Å²) in [4.78, 5) is 0. The number of hydrogen-bond donors (Lipinski definition) is 1. The Bertz CT molecular complexity index is 206. The van der Waals surface area contributed by atoms with Gasteiger partial charge in [0.25, 0.3) is 0 Å². The summed E-state index contributed by atoms with van der Waals surface area (Å²) < 4.78 is 0. The summed E-state index contributed by atoms with van der Waals surface area (Å²) in [5.74, 6) is 0.840. The molecule has 1 nitrogen and oxygen atoms in total. The van der Waals surface area contributed by atoms with E-state index in [4.69, 9.17) is 5.73 Å². The van der Waals surface area contributed by atoms with Crippen molar-refractivity contribution in [2.24, 2.45) is 11.7 Å². The maximum absolute atomic E-state index is 6.87. The van der Waals surface area contributed by atoms with Crippen molar-refractivity contribution in [3.8, 4) is 0 Å². The molecule has 2 N–H and O–H groups in total. The molecule has 2 fully saturated rings. The summed E-state index contributed by atoms with van der Waals surface area (Å²) in [7, 11) is 0. The molecule has 0 aromatic heterocycles. The molecule has 2 aliphatic rings. The van der Waals surface area contributed by atoms with Gasteiger partial charge in [-0.3, -0.25) is 0 Å². The highest BCUT2D eigenvalue weighted by molar-refractivity contribution is 4.92. The van der Waals surface area contributed by atoms with Crippen molar-refractivity contribution in [3.63, 3.8) is 0 Å². The van der Waals surface area contributed by atoms with Crippen LogP contribution in [0.5, 0.6) is 0 Å². The summed E-state index contributed by atoms with van der Waals surface area (Å²) in [6.45, 7) is 0. The third-order valence-corrected chi connectivity index (χ3v) is 5.45. The van der Waals surface area contributed by atoms with Crippen molar-refractivity contribution in [3.05, 3.63) is 0 Å². The van der Waals surface area contributed by atoms with Gasteiger partial charge in [-0.25, -0.2) is 0 Å². The molecular formula is C17H33N. The lowest BCUT2D eigenvalue weighted by Gasteiger charge is -2.40. The second kappa shape index (κ2) is 7.53. The van der Waals surface area contributed by atoms with Crippen LogP contribution in [0.2, 0.25) is 0 Å². The molecule has 2 rings (SSSR count). The van der Waals surface area contributed by atoms with Crippen LogP contribution in [0.25, 0.3) is 0 Å². The van der Waals surface area contributed by atoms with E-state index in [2.05, 4.69) is 0 Å². The lowest BCUT2D eigenvalue weighted by Crippen LogP contribution is -2.48. The molecule has 106 valence electrons. The van der Waals surface area contributed by atoms with E-state index in [0.29, 0.717) is 0 Å². The fraction of sp³-hybridized carbons (Fsp3) is 1.00. The molecule has 0 bridgehead atoms. The largest absolute Gasteiger partial charge is 0.325 e. The van der Waals surface area contributed by atoms with Gasteiger partial charge in [0.2, 0.25) is 0 Å². The molecule has 0 amide bonds. The van der Waals surface area contributed by atoms with Gasteiger partial charge in [0.05, 0.1) is 0 Å². The third-order valence-electron chi connectivity index (χ3n) is 5.45. The van der Waals surface area contributed by atoms with Gasteiger partial charge in [-0.2, -0.15) is 0 Å². The Morgan fingerprint density at radius 1 is 0.556 bits per heavy atom. The molecule has 0 aromatic carbocycles. The minimum atomic E-state index is 0.199. The fourth-order valence-electron chi connectivity index (χ4n) is 4.18. The van der Waals surface area contributed by atoms with E-state index in [1.165, 1.54) is 96.3 Å². The quantitative estimate of drug-likeness (QED) is 0.683. The molecule has 0 heterocycles. The zero-order valence-corrected chi connectivity index (χ0v) is 12.3. The Labute approximate surface area is 114 Å². The topological polar surface area (TPSA) is 26.0 Å². The van der Waals surface area contributed by atoms with Crippen LogP contribution in [0.15, 0.2) is 0 Å². The van der Waals surface area contributed by atoms with E-state index in [9.17, 15) is 0 Å². The summed E-state index contributed by atoms with van der Waals surface area (Å²) in [6, 6.07) is 0. The van der Waals surface area contributed by atoms with Gasteiger partial charge >= 0.3 is 0 Å². The maximum Gasteiger partial charge on any atom is 0.0182 e. The first-order valence-electron chi connectivity index (χ1n) is 8.60. The Morgan fingerprint density at radius 3 is 1.44 bits per heavy atom. The summed E-state index contributed by atoms with van der Waals surface area (Å²) >= 11 is 0. The van der Waals surface area contributed by atoms with Gasteiger partial charge in [0.1, 0.15) is 0 Å². The van der Waals surface area contributed by atoms with Crippen molar-refractivity contribution in [2.75, 3.05) is 0 Å². The molecule has 2 saturated carbocycles. The fourth-order valence-corrected chi connectivity index (χ4v) is 4.18. The number of hydrogen-bond acceptors (Lipinski definition) is 1. The van der Waals surface area contributed by atoms with Gasteiger partial charge < -0.3 is 5.73 Å².